The number of ether oxygens (including phenoxy) is 2. The molecule has 0 aromatic carbocycles. The van der Waals surface area contributed by atoms with Gasteiger partial charge in [-0.25, -0.2) is 29.9 Å². The minimum absolute atomic E-state index is 0.0740. The molecule has 0 aliphatic carbocycles. The van der Waals surface area contributed by atoms with E-state index in [1.807, 2.05) is 19.9 Å². The number of rotatable bonds is 1. The topological polar surface area (TPSA) is 180 Å². The van der Waals surface area contributed by atoms with E-state index in [4.69, 9.17) is 32.1 Å². The van der Waals surface area contributed by atoms with Crippen LogP contribution in [0.15, 0.2) is 93.7 Å². The van der Waals surface area contributed by atoms with Crippen molar-refractivity contribution in [1.29, 1.82) is 0 Å². The van der Waals surface area contributed by atoms with Gasteiger partial charge in [-0.05, 0) is 38.8 Å². The van der Waals surface area contributed by atoms with Crippen molar-refractivity contribution in [2.75, 3.05) is 5.75 Å². The summed E-state index contributed by atoms with van der Waals surface area (Å²) in [7, 11) is 0. The molecule has 0 fully saturated rings. The lowest BCUT2D eigenvalue weighted by molar-refractivity contribution is 0.312. The number of thioether (sulfide) groups is 1. The minimum Gasteiger partial charge on any atom is -0.492 e. The van der Waals surface area contributed by atoms with Crippen molar-refractivity contribution < 1.29 is 32.2 Å². The van der Waals surface area contributed by atoms with E-state index in [0.717, 1.165) is 17.6 Å². The van der Waals surface area contributed by atoms with Crippen LogP contribution in [0.4, 0.5) is 0 Å². The molecular formula is C31H25N7O7S. The molecule has 1 atom stereocenters. The lowest BCUT2D eigenvalue weighted by atomic mass is 9.94. The van der Waals surface area contributed by atoms with E-state index < -0.39 is 0 Å². The summed E-state index contributed by atoms with van der Waals surface area (Å²) in [6.07, 6.45) is 10.2. The van der Waals surface area contributed by atoms with E-state index >= 15 is 0 Å². The lowest BCUT2D eigenvalue weighted by Gasteiger charge is -2.19. The summed E-state index contributed by atoms with van der Waals surface area (Å²) in [6.45, 7) is 7.44. The van der Waals surface area contributed by atoms with E-state index in [2.05, 4.69) is 37.2 Å². The van der Waals surface area contributed by atoms with Gasteiger partial charge in [0, 0.05) is 11.7 Å². The third kappa shape index (κ3) is 4.75. The number of allylic oxidation sites excluding steroid dienone is 4. The number of nitrogens with zero attached hydrogens (tertiary/aromatic N) is 6. The van der Waals surface area contributed by atoms with Crippen LogP contribution in [0.25, 0.3) is 40.2 Å². The molecule has 15 heteroatoms. The Labute approximate surface area is 265 Å². The van der Waals surface area contributed by atoms with Crippen molar-refractivity contribution in [3.05, 3.63) is 89.2 Å². The standard InChI is InChI=1S/C31H25N7O7S/c1-5-15-6-22-17-8-42-27(32-17)19-10-44-30(34-19)23(13(2)3)37-25(39)24-14(4)45-29(38-24)21-12-46-31(36-21)20-11-43-28(35-20)18-9-41-26(33-18)16(15)7-40-22/h6-11,15,38H,5,12H2,1-4H3,(H,37,39). The van der Waals surface area contributed by atoms with Gasteiger partial charge >= 0.3 is 0 Å². The van der Waals surface area contributed by atoms with Crippen molar-refractivity contribution in [3.8, 4) is 23.2 Å². The van der Waals surface area contributed by atoms with Crippen molar-refractivity contribution in [1.82, 2.24) is 25.3 Å². The highest BCUT2D eigenvalue weighted by atomic mass is 32.2. The largest absolute Gasteiger partial charge is 0.492 e. The third-order valence-corrected chi connectivity index (χ3v) is 8.48. The van der Waals surface area contributed by atoms with Crippen LogP contribution in [0, 0.1) is 5.92 Å². The maximum atomic E-state index is 11.1. The van der Waals surface area contributed by atoms with E-state index in [1.165, 1.54) is 36.8 Å². The molecule has 14 bridgehead atoms. The first kappa shape index (κ1) is 27.9. The maximum Gasteiger partial charge on any atom is 0.249 e. The van der Waals surface area contributed by atoms with Crippen molar-refractivity contribution in [2.24, 2.45) is 15.9 Å². The van der Waals surface area contributed by atoms with E-state index in [0.29, 0.717) is 79.8 Å². The molecule has 4 aromatic rings. The van der Waals surface area contributed by atoms with Gasteiger partial charge < -0.3 is 37.6 Å². The summed E-state index contributed by atoms with van der Waals surface area (Å²) < 4.78 is 35.0. The first-order valence-electron chi connectivity index (χ1n) is 14.3. The zero-order chi connectivity index (χ0) is 31.5. The Bertz CT molecular complexity index is 2130. The van der Waals surface area contributed by atoms with Gasteiger partial charge in [0.05, 0.1) is 5.57 Å². The highest BCUT2D eigenvalue weighted by Gasteiger charge is 2.30. The number of hydrogen-bond acceptors (Lipinski definition) is 14. The zero-order valence-corrected chi connectivity index (χ0v) is 25.8. The summed E-state index contributed by atoms with van der Waals surface area (Å²) in [5.41, 5.74) is 4.57. The average Bonchev–Trinajstić information content (AvgIpc) is 3.89. The first-order chi connectivity index (χ1) is 22.3. The smallest absolute Gasteiger partial charge is 0.249 e. The molecular weight excluding hydrogens is 614 g/mol. The second-order valence-corrected chi connectivity index (χ2v) is 11.8. The number of aliphatic imine (C=N–C) groups is 2. The van der Waals surface area contributed by atoms with Crippen LogP contribution in [-0.4, -0.2) is 41.7 Å². The highest BCUT2D eigenvalue weighted by molar-refractivity contribution is 8.14. The minimum atomic E-state index is -0.310. The monoisotopic (exact) mass is 639 g/mol. The first-order valence-corrected chi connectivity index (χ1v) is 15.3. The second kappa shape index (κ2) is 10.8. The molecule has 9 heterocycles. The number of oxazole rings is 4. The molecule has 5 aliphatic rings. The van der Waals surface area contributed by atoms with Gasteiger partial charge in [-0.1, -0.05) is 18.7 Å². The molecule has 0 spiro atoms. The van der Waals surface area contributed by atoms with Crippen molar-refractivity contribution >= 4 is 39.7 Å². The van der Waals surface area contributed by atoms with Crippen LogP contribution in [0.3, 0.4) is 0 Å². The van der Waals surface area contributed by atoms with Crippen molar-refractivity contribution in [3.63, 3.8) is 0 Å². The Morgan fingerprint density at radius 3 is 2.30 bits per heavy atom. The number of aliphatic hydroxyl groups excluding tert-OH is 1. The SMILES string of the molecule is CCC1C=C2OC=C1c1nc(co1)-c1nc(co1)C1=NC(=C3NC(=C(C)O3)C(O)=NC(=C(C)C)c3nc(co3)-c3nc2co3)CS1. The maximum absolute atomic E-state index is 11.1. The molecule has 1 unspecified atom stereocenters. The van der Waals surface area contributed by atoms with Gasteiger partial charge in [-0.15, -0.1) is 0 Å². The fraction of sp³-hybridized carbons (Fsp3) is 0.226. The normalized spacial score (nSPS) is 19.0. The molecule has 0 saturated heterocycles. The Kier molecular flexibility index (Phi) is 6.56. The van der Waals surface area contributed by atoms with Crippen LogP contribution < -0.4 is 5.32 Å². The fourth-order valence-electron chi connectivity index (χ4n) is 5.08. The summed E-state index contributed by atoms with van der Waals surface area (Å²) in [4.78, 5) is 27.5. The van der Waals surface area contributed by atoms with Crippen LogP contribution in [-0.2, 0) is 9.47 Å². The Balaban J connectivity index is 1.22. The van der Waals surface area contributed by atoms with Crippen LogP contribution in [0.5, 0.6) is 0 Å². The molecule has 2 N–H and O–H groups in total. The van der Waals surface area contributed by atoms with Crippen LogP contribution >= 0.6 is 11.8 Å². The third-order valence-electron chi connectivity index (χ3n) is 7.49. The molecule has 0 radical (unpaired) electrons. The second-order valence-electron chi connectivity index (χ2n) is 10.8. The molecule has 4 aromatic heterocycles. The van der Waals surface area contributed by atoms with Crippen LogP contribution in [0.1, 0.15) is 57.3 Å². The summed E-state index contributed by atoms with van der Waals surface area (Å²) >= 11 is 1.48. The van der Waals surface area contributed by atoms with E-state index in [9.17, 15) is 5.11 Å². The number of nitrogens with one attached hydrogen (secondary N) is 1. The van der Waals surface area contributed by atoms with E-state index in [-0.39, 0.29) is 23.6 Å². The number of aliphatic hydroxyl groups is 1. The van der Waals surface area contributed by atoms with Gasteiger partial charge in [0.2, 0.25) is 35.3 Å². The van der Waals surface area contributed by atoms with E-state index in [1.54, 1.807) is 13.2 Å². The number of hydrogen-bond donors (Lipinski definition) is 2. The Hall–Kier alpha value is -5.57. The molecule has 14 nitrogen and oxygen atoms in total. The summed E-state index contributed by atoms with van der Waals surface area (Å²) in [6, 6.07) is 0. The molecule has 0 saturated carbocycles. The quantitative estimate of drug-likeness (QED) is 0.226. The predicted octanol–water partition coefficient (Wildman–Crippen LogP) is 6.65. The molecule has 5 aliphatic heterocycles. The average molecular weight is 640 g/mol. The summed E-state index contributed by atoms with van der Waals surface area (Å²) in [5.74, 6) is 2.52. The lowest BCUT2D eigenvalue weighted by Crippen LogP contribution is -2.17. The van der Waals surface area contributed by atoms with Gasteiger partial charge in [-0.3, -0.25) is 0 Å². The van der Waals surface area contributed by atoms with Gasteiger partial charge in [0.15, 0.2) is 17.1 Å². The molecule has 9 rings (SSSR count). The molecule has 46 heavy (non-hydrogen) atoms. The molecule has 0 amide bonds. The summed E-state index contributed by atoms with van der Waals surface area (Å²) in [5, 5.41) is 14.8. The van der Waals surface area contributed by atoms with Crippen LogP contribution in [0.2, 0.25) is 0 Å². The Morgan fingerprint density at radius 2 is 1.54 bits per heavy atom. The zero-order valence-electron chi connectivity index (χ0n) is 24.9. The van der Waals surface area contributed by atoms with Gasteiger partial charge in [0.25, 0.3) is 0 Å². The Morgan fingerprint density at radius 1 is 0.891 bits per heavy atom. The van der Waals surface area contributed by atoms with Gasteiger partial charge in [-0.2, -0.15) is 0 Å². The predicted molar refractivity (Wildman–Crippen MR) is 166 cm³/mol. The highest BCUT2D eigenvalue weighted by Crippen LogP contribution is 2.37. The molecule has 232 valence electrons. The number of fused-ring (bicyclic) bond motifs is 3. The van der Waals surface area contributed by atoms with Crippen molar-refractivity contribution in [2.45, 2.75) is 34.1 Å². The number of aromatic nitrogens is 4. The van der Waals surface area contributed by atoms with Gasteiger partial charge in [0.1, 0.15) is 70.6 Å². The fourth-order valence-corrected chi connectivity index (χ4v) is 5.97.